The highest BCUT2D eigenvalue weighted by Crippen LogP contribution is 2.44. The standard InChI is InChI=1S/C14H17FO2S/c15-12-4-1-2-5-13(12)18(16)11-6-9-17-14(10-11)7-3-8-14/h1-2,4-5,11H,3,6-10H2. The maximum absolute atomic E-state index is 13.7. The van der Waals surface area contributed by atoms with E-state index >= 15 is 0 Å². The van der Waals surface area contributed by atoms with Gasteiger partial charge in [-0.15, -0.1) is 0 Å². The molecule has 1 aromatic rings. The summed E-state index contributed by atoms with van der Waals surface area (Å²) in [6.45, 7) is 0.658. The smallest absolute Gasteiger partial charge is 0.139 e. The number of rotatable bonds is 2. The van der Waals surface area contributed by atoms with Crippen molar-refractivity contribution in [3.8, 4) is 0 Å². The summed E-state index contributed by atoms with van der Waals surface area (Å²) in [4.78, 5) is 0.346. The van der Waals surface area contributed by atoms with Crippen LogP contribution in [-0.2, 0) is 15.5 Å². The topological polar surface area (TPSA) is 26.3 Å². The van der Waals surface area contributed by atoms with E-state index in [1.54, 1.807) is 18.2 Å². The quantitative estimate of drug-likeness (QED) is 0.824. The third-order valence-electron chi connectivity index (χ3n) is 4.07. The molecule has 1 aliphatic carbocycles. The lowest BCUT2D eigenvalue weighted by molar-refractivity contribution is -0.125. The molecule has 2 atom stereocenters. The Hall–Kier alpha value is -0.740. The lowest BCUT2D eigenvalue weighted by Crippen LogP contribution is -2.48. The summed E-state index contributed by atoms with van der Waals surface area (Å²) < 4.78 is 31.9. The maximum atomic E-state index is 13.7. The summed E-state index contributed by atoms with van der Waals surface area (Å²) in [6.07, 6.45) is 4.91. The molecule has 0 N–H and O–H groups in total. The predicted octanol–water partition coefficient (Wildman–Crippen LogP) is 3.04. The van der Waals surface area contributed by atoms with E-state index in [4.69, 9.17) is 4.74 Å². The van der Waals surface area contributed by atoms with E-state index in [0.717, 1.165) is 25.7 Å². The third kappa shape index (κ3) is 2.12. The monoisotopic (exact) mass is 268 g/mol. The highest BCUT2D eigenvalue weighted by atomic mass is 32.2. The normalized spacial score (nSPS) is 27.7. The third-order valence-corrected chi connectivity index (χ3v) is 5.84. The SMILES string of the molecule is O=S(c1ccccc1F)C1CCOC2(CCC2)C1. The van der Waals surface area contributed by atoms with E-state index in [-0.39, 0.29) is 16.7 Å². The number of hydrogen-bond donors (Lipinski definition) is 0. The van der Waals surface area contributed by atoms with Crippen molar-refractivity contribution in [3.05, 3.63) is 30.1 Å². The van der Waals surface area contributed by atoms with Gasteiger partial charge in [0.1, 0.15) is 5.82 Å². The molecule has 2 fully saturated rings. The summed E-state index contributed by atoms with van der Waals surface area (Å²) >= 11 is 0. The van der Waals surface area contributed by atoms with Crippen molar-refractivity contribution in [1.82, 2.24) is 0 Å². The van der Waals surface area contributed by atoms with E-state index in [9.17, 15) is 8.60 Å². The van der Waals surface area contributed by atoms with Crippen molar-refractivity contribution in [1.29, 1.82) is 0 Å². The zero-order valence-corrected chi connectivity index (χ0v) is 11.0. The molecule has 1 heterocycles. The summed E-state index contributed by atoms with van der Waals surface area (Å²) in [5, 5.41) is 0.0379. The van der Waals surface area contributed by atoms with Crippen molar-refractivity contribution in [2.75, 3.05) is 6.61 Å². The zero-order chi connectivity index (χ0) is 12.6. The Morgan fingerprint density at radius 2 is 2.11 bits per heavy atom. The van der Waals surface area contributed by atoms with Gasteiger partial charge in [0, 0.05) is 11.9 Å². The van der Waals surface area contributed by atoms with Crippen LogP contribution in [0, 0.1) is 5.82 Å². The van der Waals surface area contributed by atoms with E-state index in [0.29, 0.717) is 11.5 Å². The molecule has 1 saturated heterocycles. The van der Waals surface area contributed by atoms with Gasteiger partial charge in [-0.2, -0.15) is 0 Å². The second-order valence-corrected chi connectivity index (χ2v) is 6.93. The van der Waals surface area contributed by atoms with Crippen LogP contribution in [0.1, 0.15) is 32.1 Å². The molecule has 0 radical (unpaired) electrons. The molecule has 1 aliphatic heterocycles. The van der Waals surface area contributed by atoms with Crippen LogP contribution in [0.25, 0.3) is 0 Å². The first-order chi connectivity index (χ1) is 8.70. The van der Waals surface area contributed by atoms with E-state index in [2.05, 4.69) is 0 Å². The molecular formula is C14H17FO2S. The molecule has 1 saturated carbocycles. The van der Waals surface area contributed by atoms with Gasteiger partial charge in [-0.25, -0.2) is 4.39 Å². The van der Waals surface area contributed by atoms with E-state index < -0.39 is 10.8 Å². The van der Waals surface area contributed by atoms with Crippen LogP contribution in [-0.4, -0.2) is 21.7 Å². The highest BCUT2D eigenvalue weighted by molar-refractivity contribution is 7.85. The van der Waals surface area contributed by atoms with Gasteiger partial charge in [0.2, 0.25) is 0 Å². The van der Waals surface area contributed by atoms with Crippen molar-refractivity contribution >= 4 is 10.8 Å². The van der Waals surface area contributed by atoms with Crippen molar-refractivity contribution in [3.63, 3.8) is 0 Å². The van der Waals surface area contributed by atoms with Crippen LogP contribution in [0.4, 0.5) is 4.39 Å². The Morgan fingerprint density at radius 3 is 2.78 bits per heavy atom. The summed E-state index contributed by atoms with van der Waals surface area (Å²) in [6, 6.07) is 6.39. The molecule has 0 amide bonds. The zero-order valence-electron chi connectivity index (χ0n) is 10.2. The second kappa shape index (κ2) is 4.74. The average molecular weight is 268 g/mol. The van der Waals surface area contributed by atoms with Gasteiger partial charge in [0.05, 0.1) is 21.3 Å². The molecule has 0 bridgehead atoms. The van der Waals surface area contributed by atoms with Gasteiger partial charge in [-0.1, -0.05) is 12.1 Å². The van der Waals surface area contributed by atoms with Crippen LogP contribution in [0.15, 0.2) is 29.2 Å². The molecule has 2 unspecified atom stereocenters. The molecular weight excluding hydrogens is 251 g/mol. The molecule has 98 valence electrons. The second-order valence-electron chi connectivity index (χ2n) is 5.23. The first-order valence-electron chi connectivity index (χ1n) is 6.49. The Morgan fingerprint density at radius 1 is 1.33 bits per heavy atom. The van der Waals surface area contributed by atoms with Gasteiger partial charge in [0.15, 0.2) is 0 Å². The summed E-state index contributed by atoms with van der Waals surface area (Å²) in [7, 11) is -1.25. The lowest BCUT2D eigenvalue weighted by atomic mass is 9.75. The molecule has 4 heteroatoms. The first-order valence-corrected chi connectivity index (χ1v) is 7.71. The molecule has 0 aromatic heterocycles. The van der Waals surface area contributed by atoms with Crippen LogP contribution in [0.2, 0.25) is 0 Å². The van der Waals surface area contributed by atoms with Gasteiger partial charge in [-0.05, 0) is 44.2 Å². The number of halogens is 1. The minimum atomic E-state index is -1.25. The molecule has 2 nitrogen and oxygen atoms in total. The largest absolute Gasteiger partial charge is 0.375 e. The predicted molar refractivity (Wildman–Crippen MR) is 68.4 cm³/mol. The fraction of sp³-hybridized carbons (Fsp3) is 0.571. The first kappa shape index (κ1) is 12.3. The fourth-order valence-electron chi connectivity index (χ4n) is 2.87. The van der Waals surface area contributed by atoms with Gasteiger partial charge < -0.3 is 4.74 Å². The molecule has 18 heavy (non-hydrogen) atoms. The van der Waals surface area contributed by atoms with Crippen molar-refractivity contribution in [2.24, 2.45) is 0 Å². The number of ether oxygens (including phenoxy) is 1. The molecule has 1 spiro atoms. The van der Waals surface area contributed by atoms with Crippen LogP contribution < -0.4 is 0 Å². The molecule has 3 rings (SSSR count). The van der Waals surface area contributed by atoms with Crippen LogP contribution in [0.5, 0.6) is 0 Å². The summed E-state index contributed by atoms with van der Waals surface area (Å²) in [5.41, 5.74) is -0.0379. The van der Waals surface area contributed by atoms with Gasteiger partial charge in [0.25, 0.3) is 0 Å². The van der Waals surface area contributed by atoms with Crippen molar-refractivity contribution < 1.29 is 13.3 Å². The molecule has 2 aliphatic rings. The Balaban J connectivity index is 1.78. The number of benzene rings is 1. The highest BCUT2D eigenvalue weighted by Gasteiger charge is 2.44. The van der Waals surface area contributed by atoms with Gasteiger partial charge >= 0.3 is 0 Å². The van der Waals surface area contributed by atoms with Gasteiger partial charge in [-0.3, -0.25) is 4.21 Å². The Labute approximate surface area is 109 Å². The van der Waals surface area contributed by atoms with E-state index in [1.165, 1.54) is 12.5 Å². The van der Waals surface area contributed by atoms with E-state index in [1.807, 2.05) is 0 Å². The van der Waals surface area contributed by atoms with Crippen LogP contribution in [0.3, 0.4) is 0 Å². The average Bonchev–Trinajstić information content (AvgIpc) is 2.37. The molecule has 1 aromatic carbocycles. The Kier molecular flexibility index (Phi) is 3.24. The fourth-order valence-corrected chi connectivity index (χ4v) is 4.47. The maximum Gasteiger partial charge on any atom is 0.139 e. The summed E-state index contributed by atoms with van der Waals surface area (Å²) in [5.74, 6) is -0.356. The number of hydrogen-bond acceptors (Lipinski definition) is 2. The minimum Gasteiger partial charge on any atom is -0.375 e. The Bertz CT molecular complexity index is 471. The van der Waals surface area contributed by atoms with Crippen LogP contribution >= 0.6 is 0 Å². The van der Waals surface area contributed by atoms with Crippen molar-refractivity contribution in [2.45, 2.75) is 47.9 Å². The lowest BCUT2D eigenvalue weighted by Gasteiger charge is -2.46. The minimum absolute atomic E-state index is 0.0379.